The third-order valence-electron chi connectivity index (χ3n) is 3.64. The molecule has 1 heterocycles. The quantitative estimate of drug-likeness (QED) is 0.775. The Balaban J connectivity index is 2.17. The molecule has 21 heavy (non-hydrogen) atoms. The summed E-state index contributed by atoms with van der Waals surface area (Å²) in [6, 6.07) is 4.64. The number of nitrogens with one attached hydrogen (secondary N) is 1. The number of anilines is 1. The van der Waals surface area contributed by atoms with Gasteiger partial charge in [0.1, 0.15) is 0 Å². The SMILES string of the molecule is CNC(=O)C1CCN(S(=O)(=O)c2ccc(N)cc2Br)CC1. The van der Waals surface area contributed by atoms with Crippen LogP contribution in [0, 0.1) is 5.92 Å². The van der Waals surface area contributed by atoms with Crippen molar-refractivity contribution in [2.24, 2.45) is 5.92 Å². The van der Waals surface area contributed by atoms with Gasteiger partial charge in [0.2, 0.25) is 15.9 Å². The number of piperidine rings is 1. The lowest BCUT2D eigenvalue weighted by Gasteiger charge is -2.30. The van der Waals surface area contributed by atoms with E-state index in [2.05, 4.69) is 21.2 Å². The number of sulfonamides is 1. The zero-order valence-corrected chi connectivity index (χ0v) is 14.1. The van der Waals surface area contributed by atoms with Crippen molar-refractivity contribution in [3.8, 4) is 0 Å². The molecule has 0 aromatic heterocycles. The number of carbonyl (C=O) groups is 1. The molecule has 116 valence electrons. The zero-order chi connectivity index (χ0) is 15.6. The third kappa shape index (κ3) is 3.38. The molecule has 6 nitrogen and oxygen atoms in total. The summed E-state index contributed by atoms with van der Waals surface area (Å²) in [6.07, 6.45) is 1.07. The molecule has 1 aromatic rings. The second-order valence-corrected chi connectivity index (χ2v) is 7.74. The van der Waals surface area contributed by atoms with E-state index in [9.17, 15) is 13.2 Å². The molecule has 0 saturated carbocycles. The first-order chi connectivity index (χ1) is 9.86. The van der Waals surface area contributed by atoms with Gasteiger partial charge in [-0.3, -0.25) is 4.79 Å². The Hall–Kier alpha value is -1.12. The van der Waals surface area contributed by atoms with Gasteiger partial charge in [-0.2, -0.15) is 4.31 Å². The van der Waals surface area contributed by atoms with Crippen molar-refractivity contribution in [1.29, 1.82) is 0 Å². The number of halogens is 1. The second-order valence-electron chi connectivity index (χ2n) is 4.98. The second kappa shape index (κ2) is 6.33. The molecule has 1 aliphatic heterocycles. The number of amides is 1. The monoisotopic (exact) mass is 375 g/mol. The highest BCUT2D eigenvalue weighted by atomic mass is 79.9. The van der Waals surface area contributed by atoms with Crippen LogP contribution in [0.4, 0.5) is 5.69 Å². The Kier molecular flexibility index (Phi) is 4.90. The maximum absolute atomic E-state index is 12.6. The van der Waals surface area contributed by atoms with Crippen LogP contribution >= 0.6 is 15.9 Å². The van der Waals surface area contributed by atoms with E-state index in [1.54, 1.807) is 19.2 Å². The lowest BCUT2D eigenvalue weighted by molar-refractivity contribution is -0.125. The highest BCUT2D eigenvalue weighted by Crippen LogP contribution is 2.29. The summed E-state index contributed by atoms with van der Waals surface area (Å²) in [4.78, 5) is 11.8. The van der Waals surface area contributed by atoms with E-state index in [-0.39, 0.29) is 16.7 Å². The maximum atomic E-state index is 12.6. The van der Waals surface area contributed by atoms with E-state index < -0.39 is 10.0 Å². The van der Waals surface area contributed by atoms with Crippen LogP contribution in [0.1, 0.15) is 12.8 Å². The van der Waals surface area contributed by atoms with Crippen molar-refractivity contribution >= 4 is 37.5 Å². The topological polar surface area (TPSA) is 92.5 Å². The standard InChI is InChI=1S/C13H18BrN3O3S/c1-16-13(18)9-4-6-17(7-5-9)21(19,20)12-3-2-10(15)8-11(12)14/h2-3,8-9H,4-7,15H2,1H3,(H,16,18). The first-order valence-corrected chi connectivity index (χ1v) is 8.86. The number of carbonyl (C=O) groups excluding carboxylic acids is 1. The van der Waals surface area contributed by atoms with Crippen LogP contribution in [0.5, 0.6) is 0 Å². The van der Waals surface area contributed by atoms with Crippen molar-refractivity contribution in [2.75, 3.05) is 25.9 Å². The number of nitrogens with two attached hydrogens (primary N) is 1. The lowest BCUT2D eigenvalue weighted by atomic mass is 9.97. The molecule has 1 saturated heterocycles. The number of benzene rings is 1. The molecular weight excluding hydrogens is 358 g/mol. The average molecular weight is 376 g/mol. The normalized spacial score (nSPS) is 17.6. The van der Waals surface area contributed by atoms with E-state index in [1.165, 1.54) is 10.4 Å². The molecule has 1 aromatic carbocycles. The molecule has 0 radical (unpaired) electrons. The van der Waals surface area contributed by atoms with Gasteiger partial charge in [0.25, 0.3) is 0 Å². The molecule has 0 unspecified atom stereocenters. The molecule has 0 bridgehead atoms. The Bertz CT molecular complexity index is 640. The van der Waals surface area contributed by atoms with Crippen LogP contribution in [0.3, 0.4) is 0 Å². The van der Waals surface area contributed by atoms with Crippen molar-refractivity contribution in [3.63, 3.8) is 0 Å². The minimum atomic E-state index is -3.57. The first kappa shape index (κ1) is 16.3. The van der Waals surface area contributed by atoms with Gasteiger partial charge < -0.3 is 11.1 Å². The van der Waals surface area contributed by atoms with Crippen LogP contribution in [0.2, 0.25) is 0 Å². The predicted molar refractivity (Wildman–Crippen MR) is 84.1 cm³/mol. The molecule has 0 spiro atoms. The van der Waals surface area contributed by atoms with Gasteiger partial charge in [-0.15, -0.1) is 0 Å². The van der Waals surface area contributed by atoms with Crippen LogP contribution in [-0.4, -0.2) is 38.8 Å². The van der Waals surface area contributed by atoms with Crippen LogP contribution < -0.4 is 11.1 Å². The van der Waals surface area contributed by atoms with E-state index >= 15 is 0 Å². The summed E-state index contributed by atoms with van der Waals surface area (Å²) in [7, 11) is -1.97. The van der Waals surface area contributed by atoms with E-state index in [1.807, 2.05) is 0 Å². The van der Waals surface area contributed by atoms with Crippen molar-refractivity contribution in [3.05, 3.63) is 22.7 Å². The third-order valence-corrected chi connectivity index (χ3v) is 6.52. The molecule has 2 rings (SSSR count). The first-order valence-electron chi connectivity index (χ1n) is 6.63. The van der Waals surface area contributed by atoms with E-state index in [0.29, 0.717) is 36.1 Å². The van der Waals surface area contributed by atoms with Gasteiger partial charge in [0.15, 0.2) is 0 Å². The minimum Gasteiger partial charge on any atom is -0.399 e. The van der Waals surface area contributed by atoms with Gasteiger partial charge in [-0.05, 0) is 47.0 Å². The van der Waals surface area contributed by atoms with E-state index in [4.69, 9.17) is 5.73 Å². The Labute approximate surface area is 132 Å². The number of hydrogen-bond acceptors (Lipinski definition) is 4. The summed E-state index contributed by atoms with van der Waals surface area (Å²) < 4.78 is 27.1. The summed E-state index contributed by atoms with van der Waals surface area (Å²) in [5.41, 5.74) is 6.13. The summed E-state index contributed by atoms with van der Waals surface area (Å²) in [6.45, 7) is 0.689. The summed E-state index contributed by atoms with van der Waals surface area (Å²) >= 11 is 3.25. The van der Waals surface area contributed by atoms with Crippen LogP contribution in [-0.2, 0) is 14.8 Å². The van der Waals surface area contributed by atoms with Gasteiger partial charge in [-0.1, -0.05) is 0 Å². The maximum Gasteiger partial charge on any atom is 0.244 e. The Morgan fingerprint density at radius 3 is 2.52 bits per heavy atom. The fourth-order valence-corrected chi connectivity index (χ4v) is 4.95. The van der Waals surface area contributed by atoms with Gasteiger partial charge >= 0.3 is 0 Å². The predicted octanol–water partition coefficient (Wildman–Crippen LogP) is 1.18. The van der Waals surface area contributed by atoms with Gasteiger partial charge in [0, 0.05) is 36.2 Å². The highest BCUT2D eigenvalue weighted by Gasteiger charge is 2.32. The zero-order valence-electron chi connectivity index (χ0n) is 11.7. The molecule has 1 aliphatic rings. The number of hydrogen-bond donors (Lipinski definition) is 2. The fourth-order valence-electron chi connectivity index (χ4n) is 2.43. The largest absolute Gasteiger partial charge is 0.399 e. The van der Waals surface area contributed by atoms with Crippen molar-refractivity contribution in [2.45, 2.75) is 17.7 Å². The molecular formula is C13H18BrN3O3S. The van der Waals surface area contributed by atoms with Crippen LogP contribution in [0.15, 0.2) is 27.6 Å². The van der Waals surface area contributed by atoms with E-state index in [0.717, 1.165) is 0 Å². The molecule has 1 fully saturated rings. The Morgan fingerprint density at radius 2 is 2.00 bits per heavy atom. The lowest BCUT2D eigenvalue weighted by Crippen LogP contribution is -2.42. The molecule has 1 amide bonds. The average Bonchev–Trinajstić information content (AvgIpc) is 2.46. The smallest absolute Gasteiger partial charge is 0.244 e. The number of nitrogens with zero attached hydrogens (tertiary/aromatic N) is 1. The fraction of sp³-hybridized carbons (Fsp3) is 0.462. The van der Waals surface area contributed by atoms with Crippen LogP contribution in [0.25, 0.3) is 0 Å². The molecule has 0 atom stereocenters. The highest BCUT2D eigenvalue weighted by molar-refractivity contribution is 9.10. The van der Waals surface area contributed by atoms with Gasteiger partial charge in [0.05, 0.1) is 4.90 Å². The number of nitrogen functional groups attached to an aromatic ring is 1. The summed E-state index contributed by atoms with van der Waals surface area (Å²) in [5, 5.41) is 2.61. The summed E-state index contributed by atoms with van der Waals surface area (Å²) in [5.74, 6) is -0.142. The molecule has 3 N–H and O–H groups in total. The van der Waals surface area contributed by atoms with Crippen molar-refractivity contribution < 1.29 is 13.2 Å². The molecule has 8 heteroatoms. The minimum absolute atomic E-state index is 0.0271. The number of rotatable bonds is 3. The van der Waals surface area contributed by atoms with Gasteiger partial charge in [-0.25, -0.2) is 8.42 Å². The molecule has 0 aliphatic carbocycles. The Morgan fingerprint density at radius 1 is 1.38 bits per heavy atom. The van der Waals surface area contributed by atoms with Crippen molar-refractivity contribution in [1.82, 2.24) is 9.62 Å².